The summed E-state index contributed by atoms with van der Waals surface area (Å²) in [5.41, 5.74) is 1.81. The van der Waals surface area contributed by atoms with E-state index in [4.69, 9.17) is 5.26 Å². The van der Waals surface area contributed by atoms with Crippen LogP contribution >= 0.6 is 15.9 Å². The summed E-state index contributed by atoms with van der Waals surface area (Å²) in [4.78, 5) is 0. The van der Waals surface area contributed by atoms with Crippen LogP contribution in [0.5, 0.6) is 0 Å². The predicted molar refractivity (Wildman–Crippen MR) is 72.5 cm³/mol. The summed E-state index contributed by atoms with van der Waals surface area (Å²) >= 11 is 3.53. The zero-order valence-corrected chi connectivity index (χ0v) is 10.8. The van der Waals surface area contributed by atoms with Crippen LogP contribution in [0.4, 0.5) is 0 Å². The molecule has 1 heterocycles. The first kappa shape index (κ1) is 11.7. The summed E-state index contributed by atoms with van der Waals surface area (Å²) in [6, 6.07) is 15.9. The minimum atomic E-state index is 0.670. The van der Waals surface area contributed by atoms with E-state index in [-0.39, 0.29) is 0 Å². The van der Waals surface area contributed by atoms with E-state index in [9.17, 15) is 0 Å². The van der Waals surface area contributed by atoms with Crippen LogP contribution in [0, 0.1) is 11.3 Å². The van der Waals surface area contributed by atoms with Crippen molar-refractivity contribution in [2.24, 2.45) is 0 Å². The Morgan fingerprint density at radius 3 is 2.71 bits per heavy atom. The average molecular weight is 287 g/mol. The zero-order valence-electron chi connectivity index (χ0n) is 9.18. The van der Waals surface area contributed by atoms with Gasteiger partial charge in [0.25, 0.3) is 0 Å². The van der Waals surface area contributed by atoms with E-state index >= 15 is 0 Å². The molecule has 0 saturated carbocycles. The molecule has 84 valence electrons. The number of nitriles is 1. The van der Waals surface area contributed by atoms with Crippen LogP contribution in [0.1, 0.15) is 11.3 Å². The number of halogens is 1. The van der Waals surface area contributed by atoms with Crippen molar-refractivity contribution in [3.8, 4) is 6.07 Å². The smallest absolute Gasteiger partial charge is 0.120 e. The van der Waals surface area contributed by atoms with Gasteiger partial charge in [-0.1, -0.05) is 46.3 Å². The lowest BCUT2D eigenvalue weighted by Gasteiger charge is -2.03. The van der Waals surface area contributed by atoms with Crippen LogP contribution in [-0.4, -0.2) is 4.57 Å². The van der Waals surface area contributed by atoms with Crippen LogP contribution in [-0.2, 0) is 6.54 Å². The van der Waals surface area contributed by atoms with Gasteiger partial charge in [0.15, 0.2) is 0 Å². The standard InChI is InChI=1S/C14H11BrN2/c15-13(9-12-5-2-1-3-6-12)11-17-8-4-7-14(17)10-16/h1-9H,11H2/b13-9+. The Morgan fingerprint density at radius 2 is 2.00 bits per heavy atom. The predicted octanol–water partition coefficient (Wildman–Crippen LogP) is 3.80. The van der Waals surface area contributed by atoms with E-state index in [0.29, 0.717) is 12.2 Å². The molecular formula is C14H11BrN2. The fourth-order valence-electron chi connectivity index (χ4n) is 1.59. The molecule has 2 nitrogen and oxygen atoms in total. The molecule has 0 aliphatic heterocycles. The molecular weight excluding hydrogens is 276 g/mol. The van der Waals surface area contributed by atoms with Crippen molar-refractivity contribution in [2.75, 3.05) is 0 Å². The Bertz CT molecular complexity index is 561. The van der Waals surface area contributed by atoms with Crippen molar-refractivity contribution in [1.29, 1.82) is 5.26 Å². The van der Waals surface area contributed by atoms with Crippen molar-refractivity contribution in [2.45, 2.75) is 6.54 Å². The summed E-state index contributed by atoms with van der Waals surface area (Å²) < 4.78 is 2.94. The maximum absolute atomic E-state index is 8.90. The molecule has 1 aromatic heterocycles. The number of aromatic nitrogens is 1. The van der Waals surface area contributed by atoms with Gasteiger partial charge in [0.2, 0.25) is 0 Å². The lowest BCUT2D eigenvalue weighted by atomic mass is 10.2. The Labute approximate surface area is 109 Å². The number of hydrogen-bond donors (Lipinski definition) is 0. The van der Waals surface area contributed by atoms with E-state index in [1.807, 2.05) is 53.2 Å². The molecule has 1 aromatic carbocycles. The fourth-order valence-corrected chi connectivity index (χ4v) is 2.13. The highest BCUT2D eigenvalue weighted by molar-refractivity contribution is 9.11. The topological polar surface area (TPSA) is 28.7 Å². The van der Waals surface area contributed by atoms with Gasteiger partial charge < -0.3 is 4.57 Å². The average Bonchev–Trinajstić information content (AvgIpc) is 2.77. The first-order valence-corrected chi connectivity index (χ1v) is 6.05. The molecule has 0 radical (unpaired) electrons. The van der Waals surface area contributed by atoms with Crippen molar-refractivity contribution >= 4 is 22.0 Å². The summed E-state index contributed by atoms with van der Waals surface area (Å²) in [6.45, 7) is 0.671. The molecule has 0 atom stereocenters. The summed E-state index contributed by atoms with van der Waals surface area (Å²) in [7, 11) is 0. The van der Waals surface area contributed by atoms with Crippen molar-refractivity contribution in [3.63, 3.8) is 0 Å². The summed E-state index contributed by atoms with van der Waals surface area (Å²) in [5, 5.41) is 8.90. The third kappa shape index (κ3) is 3.08. The Morgan fingerprint density at radius 1 is 1.24 bits per heavy atom. The van der Waals surface area contributed by atoms with Gasteiger partial charge in [-0.15, -0.1) is 0 Å². The van der Waals surface area contributed by atoms with Gasteiger partial charge in [-0.3, -0.25) is 0 Å². The third-order valence-electron chi connectivity index (χ3n) is 2.39. The first-order chi connectivity index (χ1) is 8.29. The molecule has 0 spiro atoms. The summed E-state index contributed by atoms with van der Waals surface area (Å²) in [6.07, 6.45) is 3.96. The van der Waals surface area contributed by atoms with Crippen LogP contribution in [0.2, 0.25) is 0 Å². The molecule has 0 N–H and O–H groups in total. The molecule has 17 heavy (non-hydrogen) atoms. The lowest BCUT2D eigenvalue weighted by molar-refractivity contribution is 0.812. The minimum Gasteiger partial charge on any atom is -0.335 e. The largest absolute Gasteiger partial charge is 0.335 e. The van der Waals surface area contributed by atoms with Gasteiger partial charge in [-0.2, -0.15) is 5.26 Å². The van der Waals surface area contributed by atoms with Crippen LogP contribution < -0.4 is 0 Å². The molecule has 0 amide bonds. The summed E-state index contributed by atoms with van der Waals surface area (Å²) in [5.74, 6) is 0. The molecule has 0 aliphatic rings. The maximum Gasteiger partial charge on any atom is 0.120 e. The quantitative estimate of drug-likeness (QED) is 0.844. The second-order valence-corrected chi connectivity index (χ2v) is 4.65. The fraction of sp³-hybridized carbons (Fsp3) is 0.0714. The number of hydrogen-bond acceptors (Lipinski definition) is 1. The van der Waals surface area contributed by atoms with Crippen molar-refractivity contribution < 1.29 is 0 Å². The molecule has 3 heteroatoms. The molecule has 2 aromatic rings. The Balaban J connectivity index is 2.15. The molecule has 2 rings (SSSR count). The Hall–Kier alpha value is -1.79. The SMILES string of the molecule is N#Cc1cccn1C/C(Br)=C\c1ccccc1. The van der Waals surface area contributed by atoms with E-state index in [2.05, 4.69) is 28.1 Å². The number of nitrogens with zero attached hydrogens (tertiary/aromatic N) is 2. The third-order valence-corrected chi connectivity index (χ3v) is 2.87. The Kier molecular flexibility index (Phi) is 3.79. The molecule has 0 fully saturated rings. The monoisotopic (exact) mass is 286 g/mol. The van der Waals surface area contributed by atoms with Gasteiger partial charge in [-0.25, -0.2) is 0 Å². The van der Waals surface area contributed by atoms with Gasteiger partial charge >= 0.3 is 0 Å². The minimum absolute atomic E-state index is 0.670. The van der Waals surface area contributed by atoms with E-state index in [0.717, 1.165) is 10.0 Å². The van der Waals surface area contributed by atoms with E-state index in [1.165, 1.54) is 0 Å². The van der Waals surface area contributed by atoms with Gasteiger partial charge in [-0.05, 0) is 23.8 Å². The van der Waals surface area contributed by atoms with E-state index in [1.54, 1.807) is 0 Å². The number of allylic oxidation sites excluding steroid dienone is 1. The first-order valence-electron chi connectivity index (χ1n) is 5.26. The number of rotatable bonds is 3. The van der Waals surface area contributed by atoms with Gasteiger partial charge in [0, 0.05) is 10.7 Å². The molecule has 0 saturated heterocycles. The van der Waals surface area contributed by atoms with Crippen LogP contribution in [0.25, 0.3) is 6.08 Å². The maximum atomic E-state index is 8.90. The molecule has 0 bridgehead atoms. The van der Waals surface area contributed by atoms with Crippen LogP contribution in [0.15, 0.2) is 53.1 Å². The second kappa shape index (κ2) is 5.51. The van der Waals surface area contributed by atoms with Crippen LogP contribution in [0.3, 0.4) is 0 Å². The highest BCUT2D eigenvalue weighted by atomic mass is 79.9. The zero-order chi connectivity index (χ0) is 12.1. The van der Waals surface area contributed by atoms with Crippen molar-refractivity contribution in [1.82, 2.24) is 4.57 Å². The highest BCUT2D eigenvalue weighted by Gasteiger charge is 2.00. The second-order valence-electron chi connectivity index (χ2n) is 3.64. The lowest BCUT2D eigenvalue weighted by Crippen LogP contribution is -1.98. The van der Waals surface area contributed by atoms with E-state index < -0.39 is 0 Å². The van der Waals surface area contributed by atoms with Gasteiger partial charge in [0.1, 0.15) is 11.8 Å². The van der Waals surface area contributed by atoms with Gasteiger partial charge in [0.05, 0.1) is 6.54 Å². The molecule has 0 unspecified atom stereocenters. The van der Waals surface area contributed by atoms with Crippen molar-refractivity contribution in [3.05, 3.63) is 64.4 Å². The molecule has 0 aliphatic carbocycles. The highest BCUT2D eigenvalue weighted by Crippen LogP contribution is 2.15. The number of benzene rings is 1. The normalized spacial score (nSPS) is 11.2.